The average molecular weight is 583 g/mol. The third-order valence-corrected chi connectivity index (χ3v) is 9.52. The van der Waals surface area contributed by atoms with Gasteiger partial charge < -0.3 is 4.74 Å². The molecule has 3 heterocycles. The number of fused-ring (bicyclic) bond motifs is 1. The fourth-order valence-electron chi connectivity index (χ4n) is 7.42. The third kappa shape index (κ3) is 5.45. The number of carbonyl (C=O) groups is 1. The molecular weight excluding hydrogens is 540 g/mol. The first-order chi connectivity index (χ1) is 21.1. The summed E-state index contributed by atoms with van der Waals surface area (Å²) in [7, 11) is 0. The number of tetrazole rings is 1. The van der Waals surface area contributed by atoms with E-state index in [4.69, 9.17) is 4.74 Å². The van der Waals surface area contributed by atoms with E-state index in [0.29, 0.717) is 18.9 Å². The average Bonchev–Trinajstić information content (AvgIpc) is 3.68. The van der Waals surface area contributed by atoms with Crippen molar-refractivity contribution in [2.75, 3.05) is 6.61 Å². The van der Waals surface area contributed by atoms with Gasteiger partial charge in [0.15, 0.2) is 0 Å². The summed E-state index contributed by atoms with van der Waals surface area (Å²) < 4.78 is 9.92. The van der Waals surface area contributed by atoms with Gasteiger partial charge in [-0.05, 0) is 67.4 Å². The predicted octanol–water partition coefficient (Wildman–Crippen LogP) is 6.28. The molecule has 1 fully saturated rings. The topological polar surface area (TPSA) is 108 Å². The van der Waals surface area contributed by atoms with Crippen molar-refractivity contribution in [2.24, 2.45) is 5.41 Å². The Morgan fingerprint density at radius 3 is 2.49 bits per heavy atom. The normalized spacial score (nSPS) is 17.9. The van der Waals surface area contributed by atoms with Crippen LogP contribution in [-0.2, 0) is 28.9 Å². The van der Waals surface area contributed by atoms with Gasteiger partial charge in [-0.15, -0.1) is 10.2 Å². The summed E-state index contributed by atoms with van der Waals surface area (Å²) in [5, 5.41) is 14.6. The molecule has 0 bridgehead atoms. The van der Waals surface area contributed by atoms with Crippen LogP contribution in [0.2, 0.25) is 0 Å². The number of aromatic nitrogens is 6. The fraction of sp³-hybridized carbons (Fsp3) is 0.500. The minimum absolute atomic E-state index is 0.0663. The first-order valence-corrected chi connectivity index (χ1v) is 16.0. The third-order valence-electron chi connectivity index (χ3n) is 9.52. The van der Waals surface area contributed by atoms with E-state index >= 15 is 0 Å². The van der Waals surface area contributed by atoms with E-state index in [9.17, 15) is 9.59 Å². The zero-order valence-corrected chi connectivity index (χ0v) is 25.3. The van der Waals surface area contributed by atoms with E-state index in [1.54, 1.807) is 0 Å². The summed E-state index contributed by atoms with van der Waals surface area (Å²) in [5.41, 5.74) is 5.53. The maximum Gasteiger partial charge on any atom is 0.314 e. The number of H-pyrrole nitrogens is 1. The van der Waals surface area contributed by atoms with Crippen molar-refractivity contribution >= 4 is 5.97 Å². The van der Waals surface area contributed by atoms with Crippen LogP contribution in [-0.4, -0.2) is 42.6 Å². The first kappa shape index (κ1) is 29.1. The number of unbranched alkanes of at least 4 members (excludes halogenated alkanes) is 1. The van der Waals surface area contributed by atoms with Gasteiger partial charge in [-0.1, -0.05) is 81.1 Å². The molecule has 0 radical (unpaired) electrons. The Hall–Kier alpha value is -4.01. The molecule has 2 aromatic carbocycles. The first-order valence-electron chi connectivity index (χ1n) is 16.0. The maximum atomic E-state index is 14.4. The van der Waals surface area contributed by atoms with Crippen molar-refractivity contribution in [1.29, 1.82) is 0 Å². The molecule has 9 nitrogen and oxygen atoms in total. The lowest BCUT2D eigenvalue weighted by atomic mass is 9.67. The van der Waals surface area contributed by atoms with Crippen molar-refractivity contribution in [1.82, 2.24) is 30.0 Å². The van der Waals surface area contributed by atoms with Gasteiger partial charge in [0.05, 0.1) is 18.1 Å². The van der Waals surface area contributed by atoms with E-state index in [-0.39, 0.29) is 17.6 Å². The molecule has 1 aliphatic carbocycles. The van der Waals surface area contributed by atoms with E-state index in [0.717, 1.165) is 104 Å². The highest BCUT2D eigenvalue weighted by Crippen LogP contribution is 2.49. The molecule has 0 saturated heterocycles. The number of ether oxygens (including phenoxy) is 1. The Kier molecular flexibility index (Phi) is 8.58. The highest BCUT2D eigenvalue weighted by molar-refractivity contribution is 5.80. The van der Waals surface area contributed by atoms with Gasteiger partial charge in [0.2, 0.25) is 5.82 Å². The predicted molar refractivity (Wildman–Crippen MR) is 166 cm³/mol. The van der Waals surface area contributed by atoms with Gasteiger partial charge in [0.1, 0.15) is 0 Å². The Labute approximate surface area is 252 Å². The van der Waals surface area contributed by atoms with Gasteiger partial charge in [0.25, 0.3) is 5.56 Å². The van der Waals surface area contributed by atoms with Gasteiger partial charge in [0, 0.05) is 29.8 Å². The molecule has 1 unspecified atom stereocenters. The summed E-state index contributed by atoms with van der Waals surface area (Å²) in [4.78, 5) is 28.0. The van der Waals surface area contributed by atoms with Crippen molar-refractivity contribution in [3.63, 3.8) is 0 Å². The lowest BCUT2D eigenvalue weighted by molar-refractivity contribution is -0.163. The van der Waals surface area contributed by atoms with Crippen LogP contribution in [0.25, 0.3) is 22.5 Å². The number of carbonyl (C=O) groups excluding carboxylic acids is 1. The lowest BCUT2D eigenvalue weighted by Crippen LogP contribution is -2.48. The van der Waals surface area contributed by atoms with Crippen LogP contribution in [0.15, 0.2) is 53.3 Å². The zero-order valence-electron chi connectivity index (χ0n) is 25.3. The quantitative estimate of drug-likeness (QED) is 0.221. The number of benzene rings is 2. The molecule has 43 heavy (non-hydrogen) atoms. The number of nitrogens with one attached hydrogen (secondary N) is 1. The van der Waals surface area contributed by atoms with Crippen LogP contribution in [0.4, 0.5) is 0 Å². The molecule has 4 aromatic rings. The second-order valence-electron chi connectivity index (χ2n) is 12.1. The van der Waals surface area contributed by atoms with Crippen LogP contribution in [0, 0.1) is 5.41 Å². The maximum absolute atomic E-state index is 14.4. The van der Waals surface area contributed by atoms with Crippen LogP contribution < -0.4 is 5.56 Å². The largest absolute Gasteiger partial charge is 0.466 e. The van der Waals surface area contributed by atoms with Crippen LogP contribution in [0.1, 0.15) is 94.5 Å². The van der Waals surface area contributed by atoms with Crippen molar-refractivity contribution in [2.45, 2.75) is 97.1 Å². The number of rotatable bonds is 10. The number of hydrogen-bond acceptors (Lipinski definition) is 6. The van der Waals surface area contributed by atoms with Gasteiger partial charge in [-0.2, -0.15) is 5.21 Å². The summed E-state index contributed by atoms with van der Waals surface area (Å²) in [6, 6.07) is 16.3. The van der Waals surface area contributed by atoms with E-state index in [2.05, 4.69) is 62.6 Å². The minimum atomic E-state index is -0.623. The zero-order chi connectivity index (χ0) is 29.8. The van der Waals surface area contributed by atoms with Crippen LogP contribution >= 0.6 is 0 Å². The smallest absolute Gasteiger partial charge is 0.314 e. The van der Waals surface area contributed by atoms with Gasteiger partial charge >= 0.3 is 5.97 Å². The number of hydrogen-bond donors (Lipinski definition) is 1. The Balaban J connectivity index is 1.36. The Bertz CT molecular complexity index is 1600. The monoisotopic (exact) mass is 582 g/mol. The second-order valence-corrected chi connectivity index (χ2v) is 12.1. The highest BCUT2D eigenvalue weighted by atomic mass is 16.5. The van der Waals surface area contributed by atoms with E-state index in [1.807, 2.05) is 29.8 Å². The van der Waals surface area contributed by atoms with Gasteiger partial charge in [-0.25, -0.2) is 4.68 Å². The summed E-state index contributed by atoms with van der Waals surface area (Å²) >= 11 is 0. The summed E-state index contributed by atoms with van der Waals surface area (Å²) in [6.45, 7) is 5.25. The molecule has 1 saturated carbocycles. The standard InChI is InChI=1S/C34H42N6O3/c1-3-5-14-29-28(23-24-16-18-25(19-17-24)26-12-7-8-13-27(26)31-35-37-38-36-31)32(41)40-30(15-11-22-39(29)40)34(33(42)43-4-2)20-9-6-10-21-34/h7-8,12-13,16-19,30H,3-6,9-11,14-15,20-23H2,1-2H3,(H,35,36,37,38). The van der Waals surface area contributed by atoms with E-state index in [1.165, 1.54) is 0 Å². The molecule has 9 heteroatoms. The molecule has 6 rings (SSSR count). The molecule has 1 atom stereocenters. The van der Waals surface area contributed by atoms with Crippen molar-refractivity contribution in [3.05, 3.63) is 75.7 Å². The molecule has 2 aliphatic rings. The lowest BCUT2D eigenvalue weighted by Gasteiger charge is -2.44. The van der Waals surface area contributed by atoms with Crippen LogP contribution in [0.5, 0.6) is 0 Å². The molecule has 0 spiro atoms. The molecule has 226 valence electrons. The highest BCUT2D eigenvalue weighted by Gasteiger charge is 2.50. The summed E-state index contributed by atoms with van der Waals surface area (Å²) in [5.74, 6) is 0.440. The molecule has 2 aromatic heterocycles. The molecule has 1 N–H and O–H groups in total. The van der Waals surface area contributed by atoms with Crippen molar-refractivity contribution < 1.29 is 9.53 Å². The number of esters is 1. The molecular formula is C34H42N6O3. The minimum Gasteiger partial charge on any atom is -0.466 e. The SMILES string of the molecule is CCCCc1c(Cc2ccc(-c3ccccc3-c3nn[nH]n3)cc2)c(=O)n2n1CCCC2C1(C(=O)OCC)CCCCC1. The number of nitrogens with zero attached hydrogens (tertiary/aromatic N) is 5. The fourth-order valence-corrected chi connectivity index (χ4v) is 7.42. The summed E-state index contributed by atoms with van der Waals surface area (Å²) in [6.07, 6.45) is 10.0. The Morgan fingerprint density at radius 1 is 1.02 bits per heavy atom. The Morgan fingerprint density at radius 2 is 1.79 bits per heavy atom. The van der Waals surface area contributed by atoms with Crippen LogP contribution in [0.3, 0.4) is 0 Å². The van der Waals surface area contributed by atoms with Crippen molar-refractivity contribution in [3.8, 4) is 22.5 Å². The number of aromatic amines is 1. The molecule has 1 aliphatic heterocycles. The van der Waals surface area contributed by atoms with Gasteiger partial charge in [-0.3, -0.25) is 14.3 Å². The molecule has 0 amide bonds. The van der Waals surface area contributed by atoms with E-state index < -0.39 is 5.41 Å². The second kappa shape index (κ2) is 12.7.